The van der Waals surface area contributed by atoms with Gasteiger partial charge in [0.2, 0.25) is 0 Å². The van der Waals surface area contributed by atoms with Gasteiger partial charge in [-0.3, -0.25) is 4.57 Å². The van der Waals surface area contributed by atoms with Gasteiger partial charge in [-0.05, 0) is 86.7 Å². The average molecular weight is 681 g/mol. The van der Waals surface area contributed by atoms with Crippen LogP contribution in [0.5, 0.6) is 11.5 Å². The lowest BCUT2D eigenvalue weighted by molar-refractivity contribution is 0.108. The molecule has 6 heteroatoms. The molecule has 1 unspecified atom stereocenters. The van der Waals surface area contributed by atoms with Gasteiger partial charge in [0.15, 0.2) is 0 Å². The summed E-state index contributed by atoms with van der Waals surface area (Å²) in [5.74, 6) is 3.12. The minimum atomic E-state index is -0.170. The summed E-state index contributed by atoms with van der Waals surface area (Å²) >= 11 is 0. The van der Waals surface area contributed by atoms with Crippen LogP contribution < -0.4 is 4.74 Å². The Morgan fingerprint density at radius 2 is 1.51 bits per heavy atom. The molecule has 0 amide bonds. The number of fused-ring (bicyclic) bond motifs is 3. The predicted molar refractivity (Wildman–Crippen MR) is 210 cm³/mol. The summed E-state index contributed by atoms with van der Waals surface area (Å²) in [4.78, 5) is 4.76. The molecule has 6 nitrogen and oxygen atoms in total. The first-order valence-electron chi connectivity index (χ1n) is 18.2. The van der Waals surface area contributed by atoms with Crippen molar-refractivity contribution in [2.45, 2.75) is 98.5 Å². The monoisotopic (exact) mass is 680 g/mol. The maximum absolute atomic E-state index is 6.75. The van der Waals surface area contributed by atoms with Gasteiger partial charge in [-0.1, -0.05) is 78.3 Å². The van der Waals surface area contributed by atoms with Crippen molar-refractivity contribution in [2.75, 3.05) is 7.11 Å². The van der Waals surface area contributed by atoms with Crippen LogP contribution in [0.15, 0.2) is 90.6 Å². The first-order chi connectivity index (χ1) is 24.1. The molecule has 51 heavy (non-hydrogen) atoms. The second-order valence-corrected chi connectivity index (χ2v) is 16.7. The van der Waals surface area contributed by atoms with Gasteiger partial charge in [0.1, 0.15) is 17.3 Å². The zero-order chi connectivity index (χ0) is 36.4. The molecule has 1 aliphatic carbocycles. The Hall–Kier alpha value is -4.68. The summed E-state index contributed by atoms with van der Waals surface area (Å²) < 4.78 is 17.0. The molecule has 0 aliphatic heterocycles. The number of ether oxygens (including phenoxy) is 2. The molecule has 3 heterocycles. The molecule has 1 aliphatic rings. The number of para-hydroxylation sites is 1. The molecule has 264 valence electrons. The molecule has 0 bridgehead atoms. The molecule has 0 spiro atoms. The van der Waals surface area contributed by atoms with Crippen LogP contribution in [0, 0.1) is 19.8 Å². The largest absolute Gasteiger partial charge is 0.457 e. The topological polar surface area (TPSA) is 54.1 Å². The summed E-state index contributed by atoms with van der Waals surface area (Å²) in [6.45, 7) is 22.7. The fraction of sp³-hybridized carbons (Fsp3) is 0.378. The maximum Gasteiger partial charge on any atom is 0.137 e. The van der Waals surface area contributed by atoms with E-state index in [0.717, 1.165) is 57.1 Å². The summed E-state index contributed by atoms with van der Waals surface area (Å²) in [5.41, 5.74) is 10.3. The third kappa shape index (κ3) is 6.40. The molecule has 0 fully saturated rings. The number of allylic oxidation sites excluding steroid dienone is 1. The fourth-order valence-electron chi connectivity index (χ4n) is 8.23. The lowest BCUT2D eigenvalue weighted by atomic mass is 9.69. The molecule has 3 aromatic heterocycles. The highest BCUT2D eigenvalue weighted by molar-refractivity contribution is 6.09. The van der Waals surface area contributed by atoms with Crippen molar-refractivity contribution in [1.29, 1.82) is 0 Å². The minimum Gasteiger partial charge on any atom is -0.457 e. The van der Waals surface area contributed by atoms with E-state index >= 15 is 0 Å². The molecule has 0 radical (unpaired) electrons. The molecule has 6 aromatic rings. The van der Waals surface area contributed by atoms with Crippen molar-refractivity contribution in [3.05, 3.63) is 119 Å². The van der Waals surface area contributed by atoms with Gasteiger partial charge in [-0.15, -0.1) is 0 Å². The van der Waals surface area contributed by atoms with Crippen molar-refractivity contribution in [2.24, 2.45) is 5.92 Å². The SMILES string of the molecule is CO[C@H]1C=C(C)C(c2c(C(C)(C)C)nn(-c3cc(C)cc(Oc4ccc5c6ccccc6n(-c6cc(C)ccn6)c5c4)c3)c2C(C)(C)C)[C@@H](C)C1. The highest BCUT2D eigenvalue weighted by Gasteiger charge is 2.40. The second kappa shape index (κ2) is 12.8. The first-order valence-corrected chi connectivity index (χ1v) is 18.2. The number of aromatic nitrogens is 4. The van der Waals surface area contributed by atoms with E-state index in [4.69, 9.17) is 19.6 Å². The number of hydrogen-bond donors (Lipinski definition) is 0. The van der Waals surface area contributed by atoms with Crippen LogP contribution in [0.1, 0.15) is 95.8 Å². The van der Waals surface area contributed by atoms with E-state index in [1.165, 1.54) is 27.8 Å². The third-order valence-electron chi connectivity index (χ3n) is 10.4. The number of benzene rings is 3. The van der Waals surface area contributed by atoms with E-state index in [1.807, 2.05) is 19.4 Å². The van der Waals surface area contributed by atoms with Crippen molar-refractivity contribution < 1.29 is 9.47 Å². The van der Waals surface area contributed by atoms with Gasteiger partial charge < -0.3 is 9.47 Å². The lowest BCUT2D eigenvalue weighted by Crippen LogP contribution is -2.29. The Kier molecular flexibility index (Phi) is 8.74. The van der Waals surface area contributed by atoms with E-state index in [9.17, 15) is 0 Å². The molecule has 3 aromatic carbocycles. The summed E-state index contributed by atoms with van der Waals surface area (Å²) in [7, 11) is 1.82. The van der Waals surface area contributed by atoms with Crippen molar-refractivity contribution in [3.8, 4) is 23.0 Å². The van der Waals surface area contributed by atoms with Gasteiger partial charge in [0.25, 0.3) is 0 Å². The van der Waals surface area contributed by atoms with E-state index < -0.39 is 0 Å². The zero-order valence-electron chi connectivity index (χ0n) is 32.1. The average Bonchev–Trinajstić information content (AvgIpc) is 3.61. The minimum absolute atomic E-state index is 0.146. The van der Waals surface area contributed by atoms with Crippen LogP contribution in [0.2, 0.25) is 0 Å². The van der Waals surface area contributed by atoms with Crippen LogP contribution in [-0.2, 0) is 15.6 Å². The second-order valence-electron chi connectivity index (χ2n) is 16.7. The van der Waals surface area contributed by atoms with Gasteiger partial charge in [-0.25, -0.2) is 9.67 Å². The van der Waals surface area contributed by atoms with Crippen LogP contribution in [0.4, 0.5) is 0 Å². The summed E-state index contributed by atoms with van der Waals surface area (Å²) in [6.07, 6.45) is 5.33. The number of methoxy groups -OCH3 is 1. The maximum atomic E-state index is 6.75. The van der Waals surface area contributed by atoms with Gasteiger partial charge >= 0.3 is 0 Å². The highest BCUT2D eigenvalue weighted by Crippen LogP contribution is 2.48. The molecule has 3 atom stereocenters. The number of rotatable bonds is 6. The molecule has 0 saturated heterocycles. The van der Waals surface area contributed by atoms with E-state index in [-0.39, 0.29) is 22.9 Å². The number of aryl methyl sites for hydroxylation is 2. The van der Waals surface area contributed by atoms with Crippen molar-refractivity contribution in [1.82, 2.24) is 19.3 Å². The van der Waals surface area contributed by atoms with E-state index in [0.29, 0.717) is 5.92 Å². The molecular weight excluding hydrogens is 629 g/mol. The van der Waals surface area contributed by atoms with Gasteiger partial charge in [-0.2, -0.15) is 5.10 Å². The predicted octanol–water partition coefficient (Wildman–Crippen LogP) is 11.5. The molecular formula is C45H52N4O2. The van der Waals surface area contributed by atoms with Crippen molar-refractivity contribution >= 4 is 21.8 Å². The molecule has 0 saturated carbocycles. The Labute approximate surface area is 303 Å². The fourth-order valence-corrected chi connectivity index (χ4v) is 8.23. The highest BCUT2D eigenvalue weighted by atomic mass is 16.5. The zero-order valence-corrected chi connectivity index (χ0v) is 32.1. The van der Waals surface area contributed by atoms with Crippen LogP contribution in [-0.4, -0.2) is 32.5 Å². The van der Waals surface area contributed by atoms with Crippen LogP contribution in [0.25, 0.3) is 33.3 Å². The van der Waals surface area contributed by atoms with Crippen LogP contribution in [0.3, 0.4) is 0 Å². The first kappa shape index (κ1) is 34.8. The standard InChI is InChI=1S/C45H52N4O2/c1-27-18-19-46-39(22-27)48-37-15-13-12-14-35(37)36-17-16-32(26-38(36)48)51-34-21-28(2)20-31(25-34)49-43(45(8,9)10)41(42(47-49)44(5,6)7)40-29(3)23-33(50-11)24-30(40)4/h12-23,25-26,30,33,40H,24H2,1-11H3/t30-,33-,40?/m0/s1. The van der Waals surface area contributed by atoms with Crippen LogP contribution >= 0.6 is 0 Å². The molecule has 7 rings (SSSR count). The number of pyridine rings is 1. The number of hydrogen-bond acceptors (Lipinski definition) is 4. The Morgan fingerprint density at radius 3 is 2.20 bits per heavy atom. The quantitative estimate of drug-likeness (QED) is 0.164. The van der Waals surface area contributed by atoms with E-state index in [1.54, 1.807) is 0 Å². The van der Waals surface area contributed by atoms with E-state index in [2.05, 4.69) is 151 Å². The molecule has 0 N–H and O–H groups in total. The normalized spacial score (nSPS) is 18.4. The summed E-state index contributed by atoms with van der Waals surface area (Å²) in [5, 5.41) is 7.85. The van der Waals surface area contributed by atoms with Gasteiger partial charge in [0, 0.05) is 58.5 Å². The smallest absolute Gasteiger partial charge is 0.137 e. The van der Waals surface area contributed by atoms with Crippen molar-refractivity contribution in [3.63, 3.8) is 0 Å². The summed E-state index contributed by atoms with van der Waals surface area (Å²) in [6, 6.07) is 25.5. The number of nitrogens with zero attached hydrogens (tertiary/aromatic N) is 4. The third-order valence-corrected chi connectivity index (χ3v) is 10.4. The Bertz CT molecular complexity index is 2290. The van der Waals surface area contributed by atoms with Gasteiger partial charge in [0.05, 0.1) is 34.2 Å². The Morgan fingerprint density at radius 1 is 0.765 bits per heavy atom. The Balaban J connectivity index is 1.36. The lowest BCUT2D eigenvalue weighted by Gasteiger charge is -2.36.